The molecule has 4 rings (SSSR count). The summed E-state index contributed by atoms with van der Waals surface area (Å²) in [5.74, 6) is 0.510. The quantitative estimate of drug-likeness (QED) is 0.348. The molecule has 0 saturated heterocycles. The average Bonchev–Trinajstić information content (AvgIpc) is 3.15. The standard InChI is InChI=1S/C25H26N2O3S/c1-3-4-16-30-20-12-9-19(10-13-20)24(28)26-25-27(15-17-29-2)22-14-11-18-7-5-6-8-21(18)23(22)31-25/h5-14H,3-4,15-17H2,1-2H3. The molecule has 0 aliphatic rings. The van der Waals surface area contributed by atoms with Gasteiger partial charge in [0.05, 0.1) is 23.4 Å². The smallest absolute Gasteiger partial charge is 0.279 e. The van der Waals surface area contributed by atoms with Crippen LogP contribution in [-0.2, 0) is 11.3 Å². The molecule has 1 heterocycles. The lowest BCUT2D eigenvalue weighted by Crippen LogP contribution is -2.19. The number of thiazole rings is 1. The highest BCUT2D eigenvalue weighted by Crippen LogP contribution is 2.27. The first kappa shape index (κ1) is 21.3. The minimum absolute atomic E-state index is 0.262. The summed E-state index contributed by atoms with van der Waals surface area (Å²) in [6.45, 7) is 3.99. The van der Waals surface area contributed by atoms with E-state index in [9.17, 15) is 4.79 Å². The Bertz CT molecular complexity index is 1260. The fraction of sp³-hybridized carbons (Fsp3) is 0.280. The van der Waals surface area contributed by atoms with Gasteiger partial charge in [0.25, 0.3) is 5.91 Å². The molecule has 5 nitrogen and oxygen atoms in total. The number of carbonyl (C=O) groups excluding carboxylic acids is 1. The summed E-state index contributed by atoms with van der Waals surface area (Å²) in [5, 5.41) is 2.34. The van der Waals surface area contributed by atoms with Crippen molar-refractivity contribution in [3.8, 4) is 5.75 Å². The van der Waals surface area contributed by atoms with Crippen LogP contribution < -0.4 is 9.54 Å². The second-order valence-electron chi connectivity index (χ2n) is 7.31. The molecule has 0 spiro atoms. The van der Waals surface area contributed by atoms with Crippen LogP contribution in [0.4, 0.5) is 0 Å². The van der Waals surface area contributed by atoms with Crippen LogP contribution in [0.2, 0.25) is 0 Å². The fourth-order valence-corrected chi connectivity index (χ4v) is 4.65. The van der Waals surface area contributed by atoms with Crippen molar-refractivity contribution in [2.45, 2.75) is 26.3 Å². The average molecular weight is 435 g/mol. The van der Waals surface area contributed by atoms with Crippen molar-refractivity contribution >= 4 is 38.2 Å². The van der Waals surface area contributed by atoms with E-state index in [1.807, 2.05) is 24.3 Å². The van der Waals surface area contributed by atoms with Gasteiger partial charge in [-0.2, -0.15) is 4.99 Å². The minimum Gasteiger partial charge on any atom is -0.494 e. The van der Waals surface area contributed by atoms with Crippen molar-refractivity contribution in [3.63, 3.8) is 0 Å². The Balaban J connectivity index is 1.71. The molecule has 0 aliphatic carbocycles. The Labute approximate surface area is 185 Å². The molecule has 160 valence electrons. The molecule has 6 heteroatoms. The molecule has 0 radical (unpaired) electrons. The van der Waals surface area contributed by atoms with Gasteiger partial charge in [0.15, 0.2) is 4.80 Å². The van der Waals surface area contributed by atoms with E-state index in [-0.39, 0.29) is 5.91 Å². The predicted molar refractivity (Wildman–Crippen MR) is 126 cm³/mol. The molecular formula is C25H26N2O3S. The van der Waals surface area contributed by atoms with Gasteiger partial charge in [-0.25, -0.2) is 0 Å². The van der Waals surface area contributed by atoms with E-state index in [2.05, 4.69) is 40.7 Å². The third kappa shape index (κ3) is 4.70. The van der Waals surface area contributed by atoms with E-state index < -0.39 is 0 Å². The number of fused-ring (bicyclic) bond motifs is 3. The second kappa shape index (κ2) is 9.90. The Hall–Kier alpha value is -2.96. The van der Waals surface area contributed by atoms with Gasteiger partial charge < -0.3 is 14.0 Å². The molecule has 0 bridgehead atoms. The molecule has 0 atom stereocenters. The van der Waals surface area contributed by atoms with Crippen LogP contribution in [0.1, 0.15) is 30.1 Å². The van der Waals surface area contributed by atoms with Crippen LogP contribution in [-0.4, -0.2) is 30.8 Å². The molecule has 0 N–H and O–H groups in total. The van der Waals surface area contributed by atoms with Gasteiger partial charge in [-0.05, 0) is 42.1 Å². The van der Waals surface area contributed by atoms with Crippen LogP contribution in [0.25, 0.3) is 21.0 Å². The molecule has 0 unspecified atom stereocenters. The molecule has 3 aromatic carbocycles. The lowest BCUT2D eigenvalue weighted by Gasteiger charge is -2.06. The number of benzene rings is 3. The molecule has 1 aromatic heterocycles. The highest BCUT2D eigenvalue weighted by atomic mass is 32.1. The monoisotopic (exact) mass is 434 g/mol. The van der Waals surface area contributed by atoms with Gasteiger partial charge in [0, 0.05) is 24.6 Å². The van der Waals surface area contributed by atoms with Gasteiger partial charge in [0.1, 0.15) is 5.75 Å². The Morgan fingerprint density at radius 3 is 2.61 bits per heavy atom. The number of amides is 1. The number of rotatable bonds is 8. The van der Waals surface area contributed by atoms with Crippen molar-refractivity contribution in [2.24, 2.45) is 4.99 Å². The number of hydrogen-bond acceptors (Lipinski definition) is 4. The van der Waals surface area contributed by atoms with Gasteiger partial charge in [0.2, 0.25) is 0 Å². The van der Waals surface area contributed by atoms with Crippen molar-refractivity contribution in [1.29, 1.82) is 0 Å². The largest absolute Gasteiger partial charge is 0.494 e. The third-order valence-corrected chi connectivity index (χ3v) is 6.29. The van der Waals surface area contributed by atoms with Crippen LogP contribution in [0.15, 0.2) is 65.7 Å². The molecule has 31 heavy (non-hydrogen) atoms. The van der Waals surface area contributed by atoms with Crippen LogP contribution >= 0.6 is 11.3 Å². The van der Waals surface area contributed by atoms with Gasteiger partial charge >= 0.3 is 0 Å². The molecule has 0 saturated carbocycles. The van der Waals surface area contributed by atoms with Crippen LogP contribution in [0.5, 0.6) is 5.75 Å². The molecule has 0 aliphatic heterocycles. The van der Waals surface area contributed by atoms with Crippen molar-refractivity contribution in [2.75, 3.05) is 20.3 Å². The zero-order chi connectivity index (χ0) is 21.6. The lowest BCUT2D eigenvalue weighted by molar-refractivity contribution is 0.0997. The summed E-state index contributed by atoms with van der Waals surface area (Å²) in [7, 11) is 1.68. The van der Waals surface area contributed by atoms with Crippen LogP contribution in [0, 0.1) is 0 Å². The molecular weight excluding hydrogens is 408 g/mol. The van der Waals surface area contributed by atoms with Gasteiger partial charge in [-0.1, -0.05) is 55.0 Å². The molecule has 4 aromatic rings. The van der Waals surface area contributed by atoms with E-state index in [4.69, 9.17) is 9.47 Å². The first-order valence-electron chi connectivity index (χ1n) is 10.5. The maximum atomic E-state index is 12.9. The number of ether oxygens (including phenoxy) is 2. The summed E-state index contributed by atoms with van der Waals surface area (Å²) in [6, 6.07) is 19.7. The van der Waals surface area contributed by atoms with Crippen molar-refractivity contribution < 1.29 is 14.3 Å². The molecule has 0 fully saturated rings. The van der Waals surface area contributed by atoms with E-state index in [0.717, 1.165) is 28.8 Å². The summed E-state index contributed by atoms with van der Waals surface area (Å²) >= 11 is 1.54. The highest BCUT2D eigenvalue weighted by molar-refractivity contribution is 7.17. The number of hydrogen-bond donors (Lipinski definition) is 0. The van der Waals surface area contributed by atoms with E-state index in [1.165, 1.54) is 22.1 Å². The van der Waals surface area contributed by atoms with Crippen LogP contribution in [0.3, 0.4) is 0 Å². The number of carbonyl (C=O) groups is 1. The first-order valence-corrected chi connectivity index (χ1v) is 11.3. The predicted octanol–water partition coefficient (Wildman–Crippen LogP) is 5.42. The zero-order valence-electron chi connectivity index (χ0n) is 17.8. The van der Waals surface area contributed by atoms with E-state index in [0.29, 0.717) is 30.1 Å². The second-order valence-corrected chi connectivity index (χ2v) is 8.28. The number of aromatic nitrogens is 1. The summed E-state index contributed by atoms with van der Waals surface area (Å²) in [5.41, 5.74) is 1.61. The number of nitrogens with zero attached hydrogens (tertiary/aromatic N) is 2. The van der Waals surface area contributed by atoms with Gasteiger partial charge in [-0.3, -0.25) is 4.79 Å². The highest BCUT2D eigenvalue weighted by Gasteiger charge is 2.12. The number of unbranched alkanes of at least 4 members (excludes halogenated alkanes) is 1. The minimum atomic E-state index is -0.262. The van der Waals surface area contributed by atoms with E-state index >= 15 is 0 Å². The fourth-order valence-electron chi connectivity index (χ4n) is 3.46. The third-order valence-electron chi connectivity index (χ3n) is 5.16. The van der Waals surface area contributed by atoms with E-state index in [1.54, 1.807) is 19.2 Å². The summed E-state index contributed by atoms with van der Waals surface area (Å²) in [6.07, 6.45) is 2.10. The maximum Gasteiger partial charge on any atom is 0.279 e. The Kier molecular flexibility index (Phi) is 6.79. The van der Waals surface area contributed by atoms with Gasteiger partial charge in [-0.15, -0.1) is 0 Å². The Morgan fingerprint density at radius 1 is 1.03 bits per heavy atom. The normalized spacial score (nSPS) is 12.0. The lowest BCUT2D eigenvalue weighted by atomic mass is 10.1. The topological polar surface area (TPSA) is 52.8 Å². The summed E-state index contributed by atoms with van der Waals surface area (Å²) in [4.78, 5) is 18.1. The SMILES string of the molecule is CCCCOc1ccc(C(=O)N=c2sc3c4ccccc4ccc3n2CCOC)cc1. The first-order chi connectivity index (χ1) is 15.2. The Morgan fingerprint density at radius 2 is 1.84 bits per heavy atom. The maximum absolute atomic E-state index is 12.9. The van der Waals surface area contributed by atoms with Crippen molar-refractivity contribution in [1.82, 2.24) is 4.57 Å². The van der Waals surface area contributed by atoms with Crippen molar-refractivity contribution in [3.05, 3.63) is 71.0 Å². The number of methoxy groups -OCH3 is 1. The summed E-state index contributed by atoms with van der Waals surface area (Å²) < 4.78 is 14.2. The zero-order valence-corrected chi connectivity index (χ0v) is 18.7. The molecule has 1 amide bonds.